The molecule has 0 aromatic heterocycles. The quantitative estimate of drug-likeness (QED) is 0.648. The van der Waals surface area contributed by atoms with Gasteiger partial charge < -0.3 is 15.9 Å². The van der Waals surface area contributed by atoms with E-state index in [0.29, 0.717) is 18.4 Å². The van der Waals surface area contributed by atoms with Crippen LogP contribution in [-0.2, 0) is 0 Å². The van der Waals surface area contributed by atoms with Crippen molar-refractivity contribution in [2.45, 2.75) is 62.9 Å². The standard InChI is InChI=1S/C15H26N2O2/c16-13-9-11(18)5-6-12(13)15(19)17-8-7-10-3-1-2-4-14(10)17/h1,3,10-15,18-19H,2,4-9,16H2. The highest BCUT2D eigenvalue weighted by Crippen LogP contribution is 2.37. The highest BCUT2D eigenvalue weighted by atomic mass is 16.3. The Hall–Kier alpha value is -0.420. The zero-order chi connectivity index (χ0) is 13.4. The van der Waals surface area contributed by atoms with Gasteiger partial charge in [0.1, 0.15) is 6.23 Å². The molecule has 19 heavy (non-hydrogen) atoms. The van der Waals surface area contributed by atoms with Crippen LogP contribution < -0.4 is 5.73 Å². The zero-order valence-corrected chi connectivity index (χ0v) is 11.5. The third-order valence-corrected chi connectivity index (χ3v) is 5.30. The Labute approximate surface area is 115 Å². The van der Waals surface area contributed by atoms with Crippen LogP contribution in [-0.4, -0.2) is 46.1 Å². The SMILES string of the molecule is NC1CC(O)CCC1C(O)N1CCC2C=CCCC21. The van der Waals surface area contributed by atoms with Gasteiger partial charge in [-0.25, -0.2) is 0 Å². The van der Waals surface area contributed by atoms with Crippen LogP contribution in [0, 0.1) is 11.8 Å². The molecule has 4 N–H and O–H groups in total. The number of allylic oxidation sites excluding steroid dienone is 1. The molecule has 0 amide bonds. The molecule has 108 valence electrons. The highest BCUT2D eigenvalue weighted by Gasteiger charge is 2.42. The second kappa shape index (κ2) is 5.52. The van der Waals surface area contributed by atoms with Gasteiger partial charge in [0, 0.05) is 24.5 Å². The number of hydrogen-bond donors (Lipinski definition) is 3. The molecule has 6 unspecified atom stereocenters. The van der Waals surface area contributed by atoms with Gasteiger partial charge in [0.05, 0.1) is 6.10 Å². The molecule has 0 spiro atoms. The lowest BCUT2D eigenvalue weighted by Gasteiger charge is -2.41. The number of hydrogen-bond acceptors (Lipinski definition) is 4. The molecule has 0 bridgehead atoms. The van der Waals surface area contributed by atoms with Gasteiger partial charge in [-0.3, -0.25) is 4.90 Å². The van der Waals surface area contributed by atoms with Crippen molar-refractivity contribution in [1.82, 2.24) is 4.90 Å². The van der Waals surface area contributed by atoms with Crippen molar-refractivity contribution in [1.29, 1.82) is 0 Å². The minimum absolute atomic E-state index is 0.0723. The van der Waals surface area contributed by atoms with Crippen molar-refractivity contribution in [2.24, 2.45) is 17.6 Å². The molecule has 0 radical (unpaired) electrons. The van der Waals surface area contributed by atoms with Crippen LogP contribution in [0.15, 0.2) is 12.2 Å². The van der Waals surface area contributed by atoms with E-state index in [1.165, 1.54) is 0 Å². The summed E-state index contributed by atoms with van der Waals surface area (Å²) >= 11 is 0. The van der Waals surface area contributed by atoms with Gasteiger partial charge in [0.25, 0.3) is 0 Å². The molecule has 4 nitrogen and oxygen atoms in total. The van der Waals surface area contributed by atoms with Crippen LogP contribution in [0.25, 0.3) is 0 Å². The first-order valence-corrected chi connectivity index (χ1v) is 7.71. The minimum Gasteiger partial charge on any atom is -0.393 e. The summed E-state index contributed by atoms with van der Waals surface area (Å²) in [6.07, 6.45) is 9.58. The lowest BCUT2D eigenvalue weighted by Crippen LogP contribution is -2.52. The molecule has 1 heterocycles. The predicted molar refractivity (Wildman–Crippen MR) is 74.3 cm³/mol. The normalized spacial score (nSPS) is 45.1. The number of nitrogens with two attached hydrogens (primary N) is 1. The molecule has 0 aromatic carbocycles. The fraction of sp³-hybridized carbons (Fsp3) is 0.867. The number of aliphatic hydroxyl groups is 2. The van der Waals surface area contributed by atoms with Crippen LogP contribution in [0.1, 0.15) is 38.5 Å². The van der Waals surface area contributed by atoms with Crippen LogP contribution in [0.2, 0.25) is 0 Å². The number of rotatable bonds is 2. The van der Waals surface area contributed by atoms with Crippen molar-refractivity contribution >= 4 is 0 Å². The summed E-state index contributed by atoms with van der Waals surface area (Å²) in [7, 11) is 0. The first-order chi connectivity index (χ1) is 9.16. The summed E-state index contributed by atoms with van der Waals surface area (Å²) < 4.78 is 0. The first kappa shape index (κ1) is 13.6. The lowest BCUT2D eigenvalue weighted by molar-refractivity contribution is -0.0769. The van der Waals surface area contributed by atoms with Crippen LogP contribution >= 0.6 is 0 Å². The Morgan fingerprint density at radius 2 is 2.05 bits per heavy atom. The van der Waals surface area contributed by atoms with E-state index in [4.69, 9.17) is 5.73 Å². The van der Waals surface area contributed by atoms with Crippen LogP contribution in [0.4, 0.5) is 0 Å². The monoisotopic (exact) mass is 266 g/mol. The van der Waals surface area contributed by atoms with Crippen LogP contribution in [0.3, 0.4) is 0 Å². The number of aliphatic hydroxyl groups excluding tert-OH is 2. The van der Waals surface area contributed by atoms with Crippen molar-refractivity contribution < 1.29 is 10.2 Å². The molecule has 3 rings (SSSR count). The Morgan fingerprint density at radius 3 is 2.84 bits per heavy atom. The Morgan fingerprint density at radius 1 is 1.21 bits per heavy atom. The molecule has 1 saturated carbocycles. The number of nitrogens with zero attached hydrogens (tertiary/aromatic N) is 1. The van der Waals surface area contributed by atoms with E-state index in [2.05, 4.69) is 17.1 Å². The first-order valence-electron chi connectivity index (χ1n) is 7.71. The summed E-state index contributed by atoms with van der Waals surface area (Å²) in [6, 6.07) is 0.427. The molecule has 4 heteroatoms. The Kier molecular flexibility index (Phi) is 3.94. The molecule has 2 aliphatic carbocycles. The Balaban J connectivity index is 1.67. The fourth-order valence-electron chi connectivity index (χ4n) is 4.19. The summed E-state index contributed by atoms with van der Waals surface area (Å²) in [5.74, 6) is 0.738. The summed E-state index contributed by atoms with van der Waals surface area (Å²) in [4.78, 5) is 2.27. The van der Waals surface area contributed by atoms with Gasteiger partial charge in [0.15, 0.2) is 0 Å². The fourth-order valence-corrected chi connectivity index (χ4v) is 4.19. The second-order valence-corrected chi connectivity index (χ2v) is 6.47. The van der Waals surface area contributed by atoms with Gasteiger partial charge in [-0.2, -0.15) is 0 Å². The number of fused-ring (bicyclic) bond motifs is 1. The van der Waals surface area contributed by atoms with E-state index in [1.807, 2.05) is 0 Å². The van der Waals surface area contributed by atoms with Crippen molar-refractivity contribution in [3.63, 3.8) is 0 Å². The van der Waals surface area contributed by atoms with Gasteiger partial charge in [-0.05, 0) is 44.4 Å². The molecule has 3 aliphatic rings. The minimum atomic E-state index is -0.427. The molecule has 2 fully saturated rings. The van der Waals surface area contributed by atoms with Gasteiger partial charge in [0.2, 0.25) is 0 Å². The Bertz CT molecular complexity index is 347. The van der Waals surface area contributed by atoms with Crippen LogP contribution in [0.5, 0.6) is 0 Å². The van der Waals surface area contributed by atoms with E-state index < -0.39 is 6.23 Å². The third kappa shape index (κ3) is 2.59. The van der Waals surface area contributed by atoms with E-state index >= 15 is 0 Å². The maximum Gasteiger partial charge on any atom is 0.111 e. The average Bonchev–Trinajstić information content (AvgIpc) is 2.82. The molecular formula is C15H26N2O2. The lowest BCUT2D eigenvalue weighted by atomic mass is 9.81. The molecule has 0 aromatic rings. The summed E-state index contributed by atoms with van der Waals surface area (Å²) in [6.45, 7) is 0.979. The topological polar surface area (TPSA) is 69.7 Å². The van der Waals surface area contributed by atoms with E-state index in [-0.39, 0.29) is 18.1 Å². The molecule has 1 aliphatic heterocycles. The molecule has 1 saturated heterocycles. The summed E-state index contributed by atoms with van der Waals surface area (Å²) in [5.41, 5.74) is 6.15. The highest BCUT2D eigenvalue weighted by molar-refractivity contribution is 5.05. The van der Waals surface area contributed by atoms with Crippen molar-refractivity contribution in [3.05, 3.63) is 12.2 Å². The van der Waals surface area contributed by atoms with Gasteiger partial charge in [-0.15, -0.1) is 0 Å². The average molecular weight is 266 g/mol. The number of likely N-dealkylation sites (tertiary alicyclic amines) is 1. The largest absolute Gasteiger partial charge is 0.393 e. The van der Waals surface area contributed by atoms with Crippen molar-refractivity contribution in [3.8, 4) is 0 Å². The van der Waals surface area contributed by atoms with E-state index in [9.17, 15) is 10.2 Å². The maximum absolute atomic E-state index is 10.7. The molecular weight excluding hydrogens is 240 g/mol. The molecule has 6 atom stereocenters. The predicted octanol–water partition coefficient (Wildman–Crippen LogP) is 0.834. The smallest absolute Gasteiger partial charge is 0.111 e. The maximum atomic E-state index is 10.7. The van der Waals surface area contributed by atoms with Crippen molar-refractivity contribution in [2.75, 3.05) is 6.54 Å². The summed E-state index contributed by atoms with van der Waals surface area (Å²) in [5, 5.41) is 20.4. The second-order valence-electron chi connectivity index (χ2n) is 6.47. The van der Waals surface area contributed by atoms with Gasteiger partial charge >= 0.3 is 0 Å². The third-order valence-electron chi connectivity index (χ3n) is 5.30. The van der Waals surface area contributed by atoms with Gasteiger partial charge in [-0.1, -0.05) is 12.2 Å². The van der Waals surface area contributed by atoms with E-state index in [1.54, 1.807) is 0 Å². The van der Waals surface area contributed by atoms with E-state index in [0.717, 1.165) is 38.6 Å². The zero-order valence-electron chi connectivity index (χ0n) is 11.5.